The Bertz CT molecular complexity index is 660. The van der Waals surface area contributed by atoms with Gasteiger partial charge in [-0.3, -0.25) is 9.69 Å². The highest BCUT2D eigenvalue weighted by atomic mass is 16.8. The second-order valence-electron chi connectivity index (χ2n) is 6.37. The first-order chi connectivity index (χ1) is 13.0. The van der Waals surface area contributed by atoms with Crippen molar-refractivity contribution in [2.45, 2.75) is 51.6 Å². The Morgan fingerprint density at radius 2 is 2.19 bits per heavy atom. The molecule has 1 N–H and O–H groups in total. The molecule has 7 nitrogen and oxygen atoms in total. The van der Waals surface area contributed by atoms with Crippen molar-refractivity contribution in [3.8, 4) is 0 Å². The van der Waals surface area contributed by atoms with Gasteiger partial charge in [-0.2, -0.15) is 0 Å². The molecule has 0 spiro atoms. The summed E-state index contributed by atoms with van der Waals surface area (Å²) < 4.78 is 16.1. The Balaban J connectivity index is 1.84. The molecule has 0 aromatic heterocycles. The van der Waals surface area contributed by atoms with Crippen LogP contribution in [0.3, 0.4) is 0 Å². The summed E-state index contributed by atoms with van der Waals surface area (Å²) >= 11 is 0. The van der Waals surface area contributed by atoms with Crippen LogP contribution in [0.2, 0.25) is 0 Å². The topological polar surface area (TPSA) is 85.3 Å². The predicted molar refractivity (Wildman–Crippen MR) is 101 cm³/mol. The van der Waals surface area contributed by atoms with E-state index < -0.39 is 18.4 Å². The van der Waals surface area contributed by atoms with E-state index in [9.17, 15) is 9.59 Å². The summed E-state index contributed by atoms with van der Waals surface area (Å²) in [5.74, 6) is -0.772. The van der Waals surface area contributed by atoms with E-state index in [0.717, 1.165) is 17.7 Å². The lowest BCUT2D eigenvalue weighted by Gasteiger charge is -2.29. The van der Waals surface area contributed by atoms with Crippen LogP contribution in [-0.2, 0) is 25.4 Å². The maximum absolute atomic E-state index is 12.3. The van der Waals surface area contributed by atoms with E-state index in [4.69, 9.17) is 19.3 Å². The number of carboxylic acid groups (broad SMARTS) is 1. The fourth-order valence-corrected chi connectivity index (χ4v) is 2.64. The van der Waals surface area contributed by atoms with E-state index in [-0.39, 0.29) is 12.7 Å². The number of hydrogen-bond donors (Lipinski definition) is 1. The molecule has 0 aliphatic carbocycles. The van der Waals surface area contributed by atoms with E-state index >= 15 is 0 Å². The Morgan fingerprint density at radius 3 is 2.93 bits per heavy atom. The van der Waals surface area contributed by atoms with Crippen molar-refractivity contribution in [1.82, 2.24) is 0 Å². The van der Waals surface area contributed by atoms with E-state index in [1.807, 2.05) is 36.4 Å². The third-order valence-electron chi connectivity index (χ3n) is 4.14. The van der Waals surface area contributed by atoms with Crippen LogP contribution in [0.5, 0.6) is 0 Å². The van der Waals surface area contributed by atoms with Crippen molar-refractivity contribution in [1.29, 1.82) is 0 Å². The maximum atomic E-state index is 12.3. The first-order valence-corrected chi connectivity index (χ1v) is 9.13. The summed E-state index contributed by atoms with van der Waals surface area (Å²) in [6.07, 6.45) is 5.32. The van der Waals surface area contributed by atoms with Gasteiger partial charge in [0.05, 0.1) is 6.61 Å². The number of unbranched alkanes of at least 4 members (excludes halogenated alkanes) is 1. The molecule has 0 radical (unpaired) electrons. The summed E-state index contributed by atoms with van der Waals surface area (Å²) in [5, 5.41) is 8.61. The maximum Gasteiger partial charge on any atom is 0.416 e. The molecule has 1 aliphatic rings. The zero-order valence-corrected chi connectivity index (χ0v) is 15.8. The van der Waals surface area contributed by atoms with E-state index in [1.165, 1.54) is 4.90 Å². The normalized spacial score (nSPS) is 19.8. The van der Waals surface area contributed by atoms with Gasteiger partial charge in [0.2, 0.25) is 6.29 Å². The Kier molecular flexibility index (Phi) is 8.29. The first kappa shape index (κ1) is 20.9. The quantitative estimate of drug-likeness (QED) is 0.549. The Hall–Kier alpha value is -2.38. The molecule has 1 aromatic carbocycles. The molecule has 27 heavy (non-hydrogen) atoms. The average Bonchev–Trinajstić information content (AvgIpc) is 2.64. The van der Waals surface area contributed by atoms with Crippen LogP contribution in [0.25, 0.3) is 0 Å². The van der Waals surface area contributed by atoms with Crippen LogP contribution < -0.4 is 4.90 Å². The zero-order chi connectivity index (χ0) is 19.6. The van der Waals surface area contributed by atoms with Gasteiger partial charge in [-0.1, -0.05) is 24.3 Å². The Morgan fingerprint density at radius 1 is 1.37 bits per heavy atom. The molecule has 1 fully saturated rings. The molecule has 148 valence electrons. The molecule has 0 bridgehead atoms. The van der Waals surface area contributed by atoms with E-state index in [2.05, 4.69) is 0 Å². The largest absolute Gasteiger partial charge is 0.481 e. The first-order valence-electron chi connectivity index (χ1n) is 9.13. The number of nitrogens with zero attached hydrogens (tertiary/aromatic N) is 1. The monoisotopic (exact) mass is 377 g/mol. The molecule has 1 saturated heterocycles. The van der Waals surface area contributed by atoms with Gasteiger partial charge in [0, 0.05) is 25.6 Å². The van der Waals surface area contributed by atoms with Crippen LogP contribution in [0.15, 0.2) is 36.4 Å². The van der Waals surface area contributed by atoms with Crippen LogP contribution in [-0.4, -0.2) is 43.4 Å². The highest BCUT2D eigenvalue weighted by molar-refractivity contribution is 5.87. The van der Waals surface area contributed by atoms with Crippen LogP contribution >= 0.6 is 0 Å². The number of anilines is 1. The molecule has 1 aromatic rings. The molecule has 1 heterocycles. The summed E-state index contributed by atoms with van der Waals surface area (Å²) in [6, 6.07) is 7.64. The lowest BCUT2D eigenvalue weighted by atomic mass is 10.1. The van der Waals surface area contributed by atoms with Crippen LogP contribution in [0.4, 0.5) is 10.5 Å². The molecule has 2 atom stereocenters. The molecular weight excluding hydrogens is 350 g/mol. The predicted octanol–water partition coefficient (Wildman–Crippen LogP) is 3.72. The lowest BCUT2D eigenvalue weighted by Crippen LogP contribution is -2.37. The van der Waals surface area contributed by atoms with Gasteiger partial charge in [-0.25, -0.2) is 4.79 Å². The third-order valence-corrected chi connectivity index (χ3v) is 4.14. The molecular formula is C20H27NO6. The van der Waals surface area contributed by atoms with Gasteiger partial charge >= 0.3 is 12.1 Å². The molecule has 1 amide bonds. The number of carbonyl (C=O) groups is 2. The molecule has 1 aliphatic heterocycles. The number of ether oxygens (including phenoxy) is 3. The number of amides is 1. The van der Waals surface area contributed by atoms with Crippen molar-refractivity contribution in [2.75, 3.05) is 18.6 Å². The number of hydrogen-bond acceptors (Lipinski definition) is 5. The van der Waals surface area contributed by atoms with E-state index in [0.29, 0.717) is 25.9 Å². The number of carbonyl (C=O) groups excluding carboxylic acids is 1. The third kappa shape index (κ3) is 7.40. The average molecular weight is 377 g/mol. The van der Waals surface area contributed by atoms with Gasteiger partial charge in [0.15, 0.2) is 6.29 Å². The number of carboxylic acids is 1. The van der Waals surface area contributed by atoms with Crippen molar-refractivity contribution < 1.29 is 28.9 Å². The van der Waals surface area contributed by atoms with Crippen molar-refractivity contribution >= 4 is 17.7 Å². The highest BCUT2D eigenvalue weighted by Crippen LogP contribution is 2.19. The van der Waals surface area contributed by atoms with Crippen molar-refractivity contribution in [2.24, 2.45) is 0 Å². The highest BCUT2D eigenvalue weighted by Gasteiger charge is 2.25. The molecule has 2 rings (SSSR count). The number of aliphatic carboxylic acids is 1. The van der Waals surface area contributed by atoms with Gasteiger partial charge < -0.3 is 19.3 Å². The minimum absolute atomic E-state index is 0.183. The second kappa shape index (κ2) is 10.7. The fourth-order valence-electron chi connectivity index (χ4n) is 2.64. The smallest absolute Gasteiger partial charge is 0.416 e. The van der Waals surface area contributed by atoms with Crippen LogP contribution in [0, 0.1) is 0 Å². The summed E-state index contributed by atoms with van der Waals surface area (Å²) in [4.78, 5) is 24.3. The number of rotatable bonds is 8. The van der Waals surface area contributed by atoms with Gasteiger partial charge in [-0.05, 0) is 43.9 Å². The van der Waals surface area contributed by atoms with Gasteiger partial charge in [-0.15, -0.1) is 0 Å². The minimum atomic E-state index is -0.772. The van der Waals surface area contributed by atoms with E-state index in [1.54, 1.807) is 14.0 Å². The van der Waals surface area contributed by atoms with Crippen molar-refractivity contribution in [3.63, 3.8) is 0 Å². The summed E-state index contributed by atoms with van der Waals surface area (Å²) in [7, 11) is 1.66. The molecule has 2 unspecified atom stereocenters. The second-order valence-corrected chi connectivity index (χ2v) is 6.37. The van der Waals surface area contributed by atoms with Gasteiger partial charge in [0.25, 0.3) is 0 Å². The lowest BCUT2D eigenvalue weighted by molar-refractivity contribution is -0.260. The van der Waals surface area contributed by atoms with Crippen LogP contribution in [0.1, 0.15) is 38.2 Å². The number of allylic oxidation sites excluding steroid dienone is 2. The summed E-state index contributed by atoms with van der Waals surface area (Å²) in [6.45, 7) is 2.26. The SMILES string of the molecule is CC1OCCC(OC(=O)N(C)c2cccc(CC=CCCCC(=O)O)c2)O1. The molecule has 7 heteroatoms. The summed E-state index contributed by atoms with van der Waals surface area (Å²) in [5.41, 5.74) is 1.79. The Labute approximate surface area is 159 Å². The minimum Gasteiger partial charge on any atom is -0.481 e. The number of benzene rings is 1. The van der Waals surface area contributed by atoms with Crippen molar-refractivity contribution in [3.05, 3.63) is 42.0 Å². The zero-order valence-electron chi connectivity index (χ0n) is 15.8. The molecule has 0 saturated carbocycles. The fraction of sp³-hybridized carbons (Fsp3) is 0.500. The van der Waals surface area contributed by atoms with Gasteiger partial charge in [0.1, 0.15) is 0 Å². The standard InChI is InChI=1S/C20H27NO6/c1-15-25-13-12-19(26-15)27-20(24)21(2)17-10-7-9-16(14-17)8-5-3-4-6-11-18(22)23/h3,5,7,9-10,14-15,19H,4,6,8,11-13H2,1-2H3,(H,22,23).